The molecule has 0 atom stereocenters. The molecule has 5 rings (SSSR count). The van der Waals surface area contributed by atoms with Gasteiger partial charge in [-0.3, -0.25) is 9.78 Å². The number of nitrogens with zero attached hydrogens (tertiary/aromatic N) is 3. The Morgan fingerprint density at radius 2 is 1.69 bits per heavy atom. The van der Waals surface area contributed by atoms with Crippen LogP contribution in [0.3, 0.4) is 0 Å². The lowest BCUT2D eigenvalue weighted by atomic mass is 10.1. The molecule has 7 nitrogen and oxygen atoms in total. The molecule has 0 saturated carbocycles. The van der Waals surface area contributed by atoms with E-state index in [2.05, 4.69) is 9.88 Å². The topological polar surface area (TPSA) is 74.5 Å². The smallest absolute Gasteiger partial charge is 0.406 e. The summed E-state index contributed by atoms with van der Waals surface area (Å²) >= 11 is 0. The summed E-state index contributed by atoms with van der Waals surface area (Å²) in [5, 5.41) is 0. The molecule has 1 fully saturated rings. The number of piperazine rings is 1. The van der Waals surface area contributed by atoms with E-state index < -0.39 is 5.76 Å². The number of carbonyl (C=O) groups is 1. The summed E-state index contributed by atoms with van der Waals surface area (Å²) in [5.41, 5.74) is 3.78. The number of aromatic amines is 1. The Kier molecular flexibility index (Phi) is 4.20. The van der Waals surface area contributed by atoms with Crippen molar-refractivity contribution in [3.8, 4) is 5.69 Å². The standard InChI is InChI=1S/C22H20N4O3/c27-21(16-5-3-6-17(15-16)24-9-1-2-10-24)26-13-11-25(12-14-26)19-8-4-7-18-20(19)29-22(28)23-18/h1-10,15H,11-14H2,(H,23,28). The lowest BCUT2D eigenvalue weighted by Gasteiger charge is -2.36. The molecule has 3 heterocycles. The Labute approximate surface area is 166 Å². The van der Waals surface area contributed by atoms with E-state index in [-0.39, 0.29) is 5.91 Å². The van der Waals surface area contributed by atoms with Crippen LogP contribution in [-0.4, -0.2) is 46.5 Å². The molecule has 0 aliphatic carbocycles. The molecular formula is C22H20N4O3. The minimum atomic E-state index is -0.455. The van der Waals surface area contributed by atoms with Gasteiger partial charge in [0.2, 0.25) is 0 Å². The number of hydrogen-bond acceptors (Lipinski definition) is 4. The molecule has 0 bridgehead atoms. The molecule has 2 aromatic heterocycles. The number of amides is 1. The zero-order valence-corrected chi connectivity index (χ0v) is 15.7. The highest BCUT2D eigenvalue weighted by Crippen LogP contribution is 2.26. The molecule has 1 amide bonds. The van der Waals surface area contributed by atoms with Crippen LogP contribution in [0.2, 0.25) is 0 Å². The van der Waals surface area contributed by atoms with Gasteiger partial charge in [0.15, 0.2) is 5.58 Å². The van der Waals surface area contributed by atoms with Gasteiger partial charge in [-0.15, -0.1) is 0 Å². The van der Waals surface area contributed by atoms with E-state index in [1.54, 1.807) is 0 Å². The monoisotopic (exact) mass is 388 g/mol. The highest BCUT2D eigenvalue weighted by atomic mass is 16.4. The third-order valence-corrected chi connectivity index (χ3v) is 5.33. The summed E-state index contributed by atoms with van der Waals surface area (Å²) in [5.74, 6) is -0.422. The Hall–Kier alpha value is -3.74. The number of oxazole rings is 1. The second-order valence-corrected chi connectivity index (χ2v) is 7.09. The number of nitrogens with one attached hydrogen (secondary N) is 1. The number of carbonyl (C=O) groups excluding carboxylic acids is 1. The van der Waals surface area contributed by atoms with Gasteiger partial charge >= 0.3 is 5.76 Å². The summed E-state index contributed by atoms with van der Waals surface area (Å²) < 4.78 is 7.29. The lowest BCUT2D eigenvalue weighted by Crippen LogP contribution is -2.48. The third-order valence-electron chi connectivity index (χ3n) is 5.33. The molecule has 2 aromatic carbocycles. The zero-order chi connectivity index (χ0) is 19.8. The first-order valence-corrected chi connectivity index (χ1v) is 9.58. The maximum Gasteiger partial charge on any atom is 0.417 e. The van der Waals surface area contributed by atoms with Crippen molar-refractivity contribution in [2.75, 3.05) is 31.1 Å². The predicted molar refractivity (Wildman–Crippen MR) is 111 cm³/mol. The van der Waals surface area contributed by atoms with Crippen LogP contribution in [0.5, 0.6) is 0 Å². The van der Waals surface area contributed by atoms with Crippen LogP contribution in [0.1, 0.15) is 10.4 Å². The Bertz CT molecular complexity index is 1210. The van der Waals surface area contributed by atoms with Gasteiger partial charge in [0.1, 0.15) is 0 Å². The Balaban J connectivity index is 1.32. The van der Waals surface area contributed by atoms with Crippen molar-refractivity contribution in [3.05, 3.63) is 83.1 Å². The summed E-state index contributed by atoms with van der Waals surface area (Å²) in [6.45, 7) is 2.57. The summed E-state index contributed by atoms with van der Waals surface area (Å²) in [6.07, 6.45) is 3.92. The molecular weight excluding hydrogens is 368 g/mol. The van der Waals surface area contributed by atoms with Gasteiger partial charge in [0.25, 0.3) is 5.91 Å². The number of hydrogen-bond donors (Lipinski definition) is 1. The second kappa shape index (κ2) is 7.01. The Morgan fingerprint density at radius 3 is 2.48 bits per heavy atom. The van der Waals surface area contributed by atoms with E-state index in [1.165, 1.54) is 0 Å². The van der Waals surface area contributed by atoms with E-state index >= 15 is 0 Å². The van der Waals surface area contributed by atoms with Crippen LogP contribution in [0.4, 0.5) is 5.69 Å². The maximum atomic E-state index is 13.0. The highest BCUT2D eigenvalue weighted by molar-refractivity contribution is 5.95. The van der Waals surface area contributed by atoms with E-state index in [0.717, 1.165) is 11.4 Å². The van der Waals surface area contributed by atoms with Crippen molar-refractivity contribution in [2.45, 2.75) is 0 Å². The normalized spacial score (nSPS) is 14.5. The molecule has 1 aliphatic rings. The second-order valence-electron chi connectivity index (χ2n) is 7.09. The molecule has 0 spiro atoms. The summed E-state index contributed by atoms with van der Waals surface area (Å²) in [4.78, 5) is 31.3. The fourth-order valence-electron chi connectivity index (χ4n) is 3.85. The van der Waals surface area contributed by atoms with Crippen LogP contribution in [0.25, 0.3) is 16.8 Å². The summed E-state index contributed by atoms with van der Waals surface area (Å²) in [7, 11) is 0. The molecule has 7 heteroatoms. The lowest BCUT2D eigenvalue weighted by molar-refractivity contribution is 0.0747. The van der Waals surface area contributed by atoms with E-state index in [4.69, 9.17) is 4.42 Å². The van der Waals surface area contributed by atoms with Gasteiger partial charge in [-0.05, 0) is 42.5 Å². The van der Waals surface area contributed by atoms with Gasteiger partial charge in [-0.2, -0.15) is 0 Å². The molecule has 1 saturated heterocycles. The number of anilines is 1. The highest BCUT2D eigenvalue weighted by Gasteiger charge is 2.24. The van der Waals surface area contributed by atoms with Crippen LogP contribution in [-0.2, 0) is 0 Å². The number of benzene rings is 2. The van der Waals surface area contributed by atoms with E-state index in [0.29, 0.717) is 42.8 Å². The van der Waals surface area contributed by atoms with Gasteiger partial charge in [0.05, 0.1) is 11.2 Å². The summed E-state index contributed by atoms with van der Waals surface area (Å²) in [6, 6.07) is 17.3. The van der Waals surface area contributed by atoms with Crippen LogP contribution in [0, 0.1) is 0 Å². The Morgan fingerprint density at radius 1 is 0.931 bits per heavy atom. The van der Waals surface area contributed by atoms with Gasteiger partial charge in [-0.25, -0.2) is 4.79 Å². The fraction of sp³-hybridized carbons (Fsp3) is 0.182. The average Bonchev–Trinajstić information content (AvgIpc) is 3.42. The molecule has 4 aromatic rings. The van der Waals surface area contributed by atoms with Crippen molar-refractivity contribution in [1.29, 1.82) is 0 Å². The van der Waals surface area contributed by atoms with Crippen molar-refractivity contribution in [1.82, 2.24) is 14.5 Å². The quantitative estimate of drug-likeness (QED) is 0.586. The number of rotatable bonds is 3. The molecule has 1 N–H and O–H groups in total. The minimum Gasteiger partial charge on any atom is -0.406 e. The van der Waals surface area contributed by atoms with Crippen LogP contribution in [0.15, 0.2) is 76.2 Å². The zero-order valence-electron chi connectivity index (χ0n) is 15.7. The number of H-pyrrole nitrogens is 1. The first kappa shape index (κ1) is 17.4. The van der Waals surface area contributed by atoms with E-state index in [9.17, 15) is 9.59 Å². The fourth-order valence-corrected chi connectivity index (χ4v) is 3.85. The van der Waals surface area contributed by atoms with Crippen molar-refractivity contribution < 1.29 is 9.21 Å². The average molecular weight is 388 g/mol. The number of para-hydroxylation sites is 1. The third kappa shape index (κ3) is 3.20. The molecule has 1 aliphatic heterocycles. The van der Waals surface area contributed by atoms with Crippen LogP contribution >= 0.6 is 0 Å². The minimum absolute atomic E-state index is 0.0324. The molecule has 29 heavy (non-hydrogen) atoms. The predicted octanol–water partition coefficient (Wildman–Crippen LogP) is 2.87. The van der Waals surface area contributed by atoms with Gasteiger partial charge in [-0.1, -0.05) is 12.1 Å². The van der Waals surface area contributed by atoms with Gasteiger partial charge < -0.3 is 18.8 Å². The van der Waals surface area contributed by atoms with Crippen LogP contribution < -0.4 is 10.7 Å². The molecule has 0 unspecified atom stereocenters. The number of aromatic nitrogens is 2. The number of fused-ring (bicyclic) bond motifs is 1. The maximum absolute atomic E-state index is 13.0. The van der Waals surface area contributed by atoms with Crippen molar-refractivity contribution in [3.63, 3.8) is 0 Å². The molecule has 0 radical (unpaired) electrons. The molecule has 146 valence electrons. The largest absolute Gasteiger partial charge is 0.417 e. The van der Waals surface area contributed by atoms with E-state index in [1.807, 2.05) is 76.5 Å². The van der Waals surface area contributed by atoms with Gasteiger partial charge in [0, 0.05) is 49.8 Å². The first-order valence-electron chi connectivity index (χ1n) is 9.58. The van der Waals surface area contributed by atoms with Crippen molar-refractivity contribution >= 4 is 22.7 Å². The van der Waals surface area contributed by atoms with Crippen molar-refractivity contribution in [2.24, 2.45) is 0 Å². The SMILES string of the molecule is O=C(c1cccc(-n2cccc2)c1)N1CCN(c2cccc3[nH]c(=O)oc23)CC1. The first-order chi connectivity index (χ1) is 14.2.